The molecule has 0 aromatic carbocycles. The third-order valence-corrected chi connectivity index (χ3v) is 1.94. The van der Waals surface area contributed by atoms with Crippen molar-refractivity contribution in [2.24, 2.45) is 0 Å². The first-order valence-corrected chi connectivity index (χ1v) is 3.65. The SMILES string of the molecule is C/C=C1\CCC[C@@H](O)C1. The molecular formula is C8H14O. The summed E-state index contributed by atoms with van der Waals surface area (Å²) in [6, 6.07) is 0. The Bertz CT molecular complexity index is 116. The second kappa shape index (κ2) is 3.02. The Kier molecular flexibility index (Phi) is 2.29. The lowest BCUT2D eigenvalue weighted by molar-refractivity contribution is 0.149. The summed E-state index contributed by atoms with van der Waals surface area (Å²) >= 11 is 0. The van der Waals surface area contributed by atoms with Crippen LogP contribution in [0.15, 0.2) is 11.6 Å². The van der Waals surface area contributed by atoms with Gasteiger partial charge in [-0.3, -0.25) is 0 Å². The Morgan fingerprint density at radius 1 is 1.67 bits per heavy atom. The minimum Gasteiger partial charge on any atom is -0.393 e. The summed E-state index contributed by atoms with van der Waals surface area (Å²) in [6.45, 7) is 2.05. The lowest BCUT2D eigenvalue weighted by Gasteiger charge is -2.18. The summed E-state index contributed by atoms with van der Waals surface area (Å²) in [5, 5.41) is 9.17. The van der Waals surface area contributed by atoms with Crippen molar-refractivity contribution in [3.8, 4) is 0 Å². The first kappa shape index (κ1) is 6.81. The van der Waals surface area contributed by atoms with E-state index in [9.17, 15) is 0 Å². The molecule has 1 aliphatic carbocycles. The summed E-state index contributed by atoms with van der Waals surface area (Å²) in [4.78, 5) is 0. The van der Waals surface area contributed by atoms with Crippen LogP contribution in [-0.2, 0) is 0 Å². The van der Waals surface area contributed by atoms with E-state index in [4.69, 9.17) is 5.11 Å². The highest BCUT2D eigenvalue weighted by molar-refractivity contribution is 5.04. The molecule has 0 aromatic rings. The molecule has 1 rings (SSSR count). The number of hydrogen-bond donors (Lipinski definition) is 1. The normalized spacial score (nSPS) is 33.1. The van der Waals surface area contributed by atoms with Crippen molar-refractivity contribution in [3.05, 3.63) is 11.6 Å². The highest BCUT2D eigenvalue weighted by atomic mass is 16.3. The molecule has 0 aliphatic heterocycles. The zero-order chi connectivity index (χ0) is 6.69. The van der Waals surface area contributed by atoms with Gasteiger partial charge in [0.25, 0.3) is 0 Å². The van der Waals surface area contributed by atoms with Gasteiger partial charge in [0.1, 0.15) is 0 Å². The van der Waals surface area contributed by atoms with Gasteiger partial charge in [-0.25, -0.2) is 0 Å². The van der Waals surface area contributed by atoms with Gasteiger partial charge < -0.3 is 5.11 Å². The van der Waals surface area contributed by atoms with E-state index in [1.54, 1.807) is 0 Å². The molecule has 0 amide bonds. The van der Waals surface area contributed by atoms with E-state index in [1.807, 2.05) is 6.92 Å². The average Bonchev–Trinajstić information content (AvgIpc) is 1.88. The maximum absolute atomic E-state index is 9.17. The van der Waals surface area contributed by atoms with Gasteiger partial charge in [-0.2, -0.15) is 0 Å². The molecule has 0 unspecified atom stereocenters. The molecule has 52 valence electrons. The lowest BCUT2D eigenvalue weighted by Crippen LogP contribution is -2.12. The first-order valence-electron chi connectivity index (χ1n) is 3.65. The van der Waals surface area contributed by atoms with E-state index in [1.165, 1.54) is 18.4 Å². The number of rotatable bonds is 0. The molecule has 0 heterocycles. The van der Waals surface area contributed by atoms with Crippen LogP contribution in [0.2, 0.25) is 0 Å². The van der Waals surface area contributed by atoms with Crippen LogP contribution in [0, 0.1) is 0 Å². The molecule has 1 atom stereocenters. The van der Waals surface area contributed by atoms with E-state index in [-0.39, 0.29) is 6.10 Å². The maximum Gasteiger partial charge on any atom is 0.0577 e. The van der Waals surface area contributed by atoms with Crippen LogP contribution in [0.3, 0.4) is 0 Å². The minimum absolute atomic E-state index is 0.0510. The molecule has 0 radical (unpaired) electrons. The second-order valence-corrected chi connectivity index (χ2v) is 2.70. The van der Waals surface area contributed by atoms with Crippen molar-refractivity contribution in [2.45, 2.75) is 38.7 Å². The Hall–Kier alpha value is -0.300. The topological polar surface area (TPSA) is 20.2 Å². The van der Waals surface area contributed by atoms with Crippen molar-refractivity contribution in [1.29, 1.82) is 0 Å². The monoisotopic (exact) mass is 126 g/mol. The van der Waals surface area contributed by atoms with Crippen LogP contribution >= 0.6 is 0 Å². The van der Waals surface area contributed by atoms with Crippen LogP contribution in [0.25, 0.3) is 0 Å². The summed E-state index contributed by atoms with van der Waals surface area (Å²) in [5.41, 5.74) is 1.42. The van der Waals surface area contributed by atoms with E-state index >= 15 is 0 Å². The highest BCUT2D eigenvalue weighted by Gasteiger charge is 2.12. The number of allylic oxidation sites excluding steroid dienone is 1. The molecule has 1 saturated carbocycles. The number of aliphatic hydroxyl groups is 1. The fraction of sp³-hybridized carbons (Fsp3) is 0.750. The smallest absolute Gasteiger partial charge is 0.0577 e. The average molecular weight is 126 g/mol. The molecule has 1 heteroatoms. The van der Waals surface area contributed by atoms with Crippen molar-refractivity contribution < 1.29 is 5.11 Å². The van der Waals surface area contributed by atoms with Gasteiger partial charge >= 0.3 is 0 Å². The zero-order valence-corrected chi connectivity index (χ0v) is 5.93. The van der Waals surface area contributed by atoms with Crippen molar-refractivity contribution in [3.63, 3.8) is 0 Å². The van der Waals surface area contributed by atoms with Gasteiger partial charge in [0.05, 0.1) is 6.10 Å². The molecule has 0 bridgehead atoms. The minimum atomic E-state index is -0.0510. The molecule has 1 fully saturated rings. The van der Waals surface area contributed by atoms with Crippen LogP contribution in [0.4, 0.5) is 0 Å². The Balaban J connectivity index is 2.41. The first-order chi connectivity index (χ1) is 4.33. The highest BCUT2D eigenvalue weighted by Crippen LogP contribution is 2.22. The number of aliphatic hydroxyl groups excluding tert-OH is 1. The molecular weight excluding hydrogens is 112 g/mol. The fourth-order valence-corrected chi connectivity index (χ4v) is 1.33. The summed E-state index contributed by atoms with van der Waals surface area (Å²) in [5.74, 6) is 0. The third kappa shape index (κ3) is 1.83. The largest absolute Gasteiger partial charge is 0.393 e. The lowest BCUT2D eigenvalue weighted by atomic mass is 9.93. The maximum atomic E-state index is 9.17. The molecule has 9 heavy (non-hydrogen) atoms. The number of hydrogen-bond acceptors (Lipinski definition) is 1. The summed E-state index contributed by atoms with van der Waals surface area (Å²) in [7, 11) is 0. The molecule has 0 saturated heterocycles. The molecule has 0 aromatic heterocycles. The van der Waals surface area contributed by atoms with E-state index < -0.39 is 0 Å². The molecule has 1 N–H and O–H groups in total. The van der Waals surface area contributed by atoms with Gasteiger partial charge in [-0.15, -0.1) is 0 Å². The Morgan fingerprint density at radius 2 is 2.44 bits per heavy atom. The Labute approximate surface area is 56.4 Å². The van der Waals surface area contributed by atoms with Gasteiger partial charge in [0.2, 0.25) is 0 Å². The van der Waals surface area contributed by atoms with Gasteiger partial charge in [-0.1, -0.05) is 11.6 Å². The van der Waals surface area contributed by atoms with Gasteiger partial charge in [-0.05, 0) is 32.6 Å². The van der Waals surface area contributed by atoms with Crippen LogP contribution < -0.4 is 0 Å². The van der Waals surface area contributed by atoms with E-state index in [0.717, 1.165) is 12.8 Å². The van der Waals surface area contributed by atoms with Crippen molar-refractivity contribution in [2.75, 3.05) is 0 Å². The van der Waals surface area contributed by atoms with Crippen LogP contribution in [0.5, 0.6) is 0 Å². The summed E-state index contributed by atoms with van der Waals surface area (Å²) in [6.07, 6.45) is 6.36. The van der Waals surface area contributed by atoms with Crippen LogP contribution in [0.1, 0.15) is 32.6 Å². The quantitative estimate of drug-likeness (QED) is 0.491. The van der Waals surface area contributed by atoms with Crippen molar-refractivity contribution >= 4 is 0 Å². The summed E-state index contributed by atoms with van der Waals surface area (Å²) < 4.78 is 0. The standard InChI is InChI=1S/C8H14O/c1-2-7-4-3-5-8(9)6-7/h2,8-9H,3-6H2,1H3/b7-2+/t8-/m1/s1. The van der Waals surface area contributed by atoms with E-state index in [0.29, 0.717) is 0 Å². The fourth-order valence-electron chi connectivity index (χ4n) is 1.33. The molecule has 0 spiro atoms. The van der Waals surface area contributed by atoms with Gasteiger partial charge in [0, 0.05) is 0 Å². The van der Waals surface area contributed by atoms with E-state index in [2.05, 4.69) is 6.08 Å². The van der Waals surface area contributed by atoms with Gasteiger partial charge in [0.15, 0.2) is 0 Å². The second-order valence-electron chi connectivity index (χ2n) is 2.70. The molecule has 1 aliphatic rings. The third-order valence-electron chi connectivity index (χ3n) is 1.94. The predicted molar refractivity (Wildman–Crippen MR) is 38.2 cm³/mol. The van der Waals surface area contributed by atoms with Crippen molar-refractivity contribution in [1.82, 2.24) is 0 Å². The van der Waals surface area contributed by atoms with Crippen LogP contribution in [-0.4, -0.2) is 11.2 Å². The predicted octanol–water partition coefficient (Wildman–Crippen LogP) is 1.87. The Morgan fingerprint density at radius 3 is 2.89 bits per heavy atom. The molecule has 1 nitrogen and oxygen atoms in total. The zero-order valence-electron chi connectivity index (χ0n) is 5.93.